The Kier molecular flexibility index (Phi) is 4.50. The van der Waals surface area contributed by atoms with Crippen molar-refractivity contribution in [2.45, 2.75) is 36.7 Å². The van der Waals surface area contributed by atoms with E-state index in [0.717, 1.165) is 14.6 Å². The highest BCUT2D eigenvalue weighted by atomic mass is 127. The van der Waals surface area contributed by atoms with Crippen LogP contribution in [-0.2, 0) is 5.75 Å². The van der Waals surface area contributed by atoms with Gasteiger partial charge in [0.15, 0.2) is 5.82 Å². The fourth-order valence-electron chi connectivity index (χ4n) is 2.35. The van der Waals surface area contributed by atoms with E-state index in [1.807, 2.05) is 23.9 Å². The van der Waals surface area contributed by atoms with E-state index >= 15 is 0 Å². The standard InChI is InChI=1S/C14H15IN2O2S/c15-9-5-6-12(18)11(7-9)14-16-13(17-19-14)8-20-10-3-1-2-4-10/h5-7,10,18H,1-4,8H2. The Bertz CT molecular complexity index is 597. The Morgan fingerprint density at radius 1 is 1.35 bits per heavy atom. The van der Waals surface area contributed by atoms with Crippen molar-refractivity contribution < 1.29 is 9.63 Å². The van der Waals surface area contributed by atoms with Gasteiger partial charge in [-0.25, -0.2) is 0 Å². The van der Waals surface area contributed by atoms with Crippen molar-refractivity contribution in [1.29, 1.82) is 0 Å². The zero-order valence-electron chi connectivity index (χ0n) is 10.9. The van der Waals surface area contributed by atoms with E-state index in [9.17, 15) is 5.11 Å². The molecule has 106 valence electrons. The molecular formula is C14H15IN2O2S. The summed E-state index contributed by atoms with van der Waals surface area (Å²) >= 11 is 4.10. The van der Waals surface area contributed by atoms with Crippen LogP contribution >= 0.6 is 34.4 Å². The summed E-state index contributed by atoms with van der Waals surface area (Å²) in [6.07, 6.45) is 5.27. The molecule has 0 bridgehead atoms. The summed E-state index contributed by atoms with van der Waals surface area (Å²) < 4.78 is 6.29. The minimum Gasteiger partial charge on any atom is -0.507 e. The molecule has 0 spiro atoms. The van der Waals surface area contributed by atoms with Crippen LogP contribution < -0.4 is 0 Å². The monoisotopic (exact) mass is 402 g/mol. The van der Waals surface area contributed by atoms with Crippen LogP contribution in [0.4, 0.5) is 0 Å². The highest BCUT2D eigenvalue weighted by Gasteiger charge is 2.18. The van der Waals surface area contributed by atoms with Gasteiger partial charge in [-0.05, 0) is 53.6 Å². The molecule has 0 aliphatic heterocycles. The number of hydrogen-bond donors (Lipinski definition) is 1. The fourth-order valence-corrected chi connectivity index (χ4v) is 4.01. The topological polar surface area (TPSA) is 59.2 Å². The molecule has 1 fully saturated rings. The lowest BCUT2D eigenvalue weighted by Crippen LogP contribution is -1.95. The molecule has 1 aromatic heterocycles. The molecule has 6 heteroatoms. The first-order valence-corrected chi connectivity index (χ1v) is 8.78. The van der Waals surface area contributed by atoms with Crippen molar-refractivity contribution in [2.24, 2.45) is 0 Å². The van der Waals surface area contributed by atoms with Crippen LogP contribution in [0, 0.1) is 3.57 Å². The third-order valence-corrected chi connectivity index (χ3v) is 5.45. The maximum Gasteiger partial charge on any atom is 0.261 e. The predicted octanol–water partition coefficient (Wildman–Crippen LogP) is 4.22. The molecule has 0 unspecified atom stereocenters. The van der Waals surface area contributed by atoms with E-state index in [2.05, 4.69) is 32.7 Å². The molecule has 0 saturated heterocycles. The maximum absolute atomic E-state index is 9.86. The van der Waals surface area contributed by atoms with E-state index in [1.165, 1.54) is 25.7 Å². The van der Waals surface area contributed by atoms with E-state index < -0.39 is 0 Å². The number of hydrogen-bond acceptors (Lipinski definition) is 5. The van der Waals surface area contributed by atoms with Gasteiger partial charge in [-0.2, -0.15) is 16.7 Å². The Morgan fingerprint density at radius 2 is 2.15 bits per heavy atom. The van der Waals surface area contributed by atoms with Crippen molar-refractivity contribution in [1.82, 2.24) is 10.1 Å². The van der Waals surface area contributed by atoms with Crippen LogP contribution in [0.3, 0.4) is 0 Å². The van der Waals surface area contributed by atoms with Crippen LogP contribution in [0.2, 0.25) is 0 Å². The average molecular weight is 402 g/mol. The highest BCUT2D eigenvalue weighted by molar-refractivity contribution is 14.1. The third-order valence-electron chi connectivity index (χ3n) is 3.41. The molecule has 0 atom stereocenters. The molecule has 1 saturated carbocycles. The molecule has 1 aliphatic rings. The van der Waals surface area contributed by atoms with Crippen LogP contribution in [0.5, 0.6) is 5.75 Å². The highest BCUT2D eigenvalue weighted by Crippen LogP contribution is 2.32. The van der Waals surface area contributed by atoms with E-state index in [0.29, 0.717) is 17.3 Å². The Balaban J connectivity index is 1.71. The van der Waals surface area contributed by atoms with Gasteiger partial charge in [-0.1, -0.05) is 18.0 Å². The van der Waals surface area contributed by atoms with Gasteiger partial charge in [0.2, 0.25) is 0 Å². The quantitative estimate of drug-likeness (QED) is 0.776. The normalized spacial score (nSPS) is 15.8. The van der Waals surface area contributed by atoms with Gasteiger partial charge in [0.05, 0.1) is 11.3 Å². The largest absolute Gasteiger partial charge is 0.507 e. The molecule has 4 nitrogen and oxygen atoms in total. The fraction of sp³-hybridized carbons (Fsp3) is 0.429. The van der Waals surface area contributed by atoms with E-state index in [1.54, 1.807) is 6.07 Å². The summed E-state index contributed by atoms with van der Waals surface area (Å²) in [4.78, 5) is 4.38. The Labute approximate surface area is 135 Å². The summed E-state index contributed by atoms with van der Waals surface area (Å²) in [5.74, 6) is 2.04. The lowest BCUT2D eigenvalue weighted by Gasteiger charge is -2.04. The smallest absolute Gasteiger partial charge is 0.261 e. The Hall–Kier alpha value is -0.760. The second-order valence-corrected chi connectivity index (χ2v) is 7.43. The van der Waals surface area contributed by atoms with Crippen LogP contribution in [0.1, 0.15) is 31.5 Å². The molecule has 0 amide bonds. The van der Waals surface area contributed by atoms with Crippen molar-refractivity contribution in [3.05, 3.63) is 27.6 Å². The number of aromatic hydroxyl groups is 1. The third kappa shape index (κ3) is 3.28. The van der Waals surface area contributed by atoms with Gasteiger partial charge in [0.25, 0.3) is 5.89 Å². The number of halogens is 1. The summed E-state index contributed by atoms with van der Waals surface area (Å²) in [6, 6.07) is 5.33. The first-order valence-electron chi connectivity index (χ1n) is 6.65. The first kappa shape index (κ1) is 14.2. The van der Waals surface area contributed by atoms with Crippen LogP contribution in [0.15, 0.2) is 22.7 Å². The second-order valence-electron chi connectivity index (χ2n) is 4.89. The molecular weight excluding hydrogens is 387 g/mol. The zero-order valence-corrected chi connectivity index (χ0v) is 13.9. The SMILES string of the molecule is Oc1ccc(I)cc1-c1nc(CSC2CCCC2)no1. The number of phenols is 1. The number of thioether (sulfide) groups is 1. The first-order chi connectivity index (χ1) is 9.72. The van der Waals surface area contributed by atoms with Crippen molar-refractivity contribution in [3.63, 3.8) is 0 Å². The average Bonchev–Trinajstić information content (AvgIpc) is 3.10. The van der Waals surface area contributed by atoms with Gasteiger partial charge in [0.1, 0.15) is 5.75 Å². The van der Waals surface area contributed by atoms with Crippen molar-refractivity contribution >= 4 is 34.4 Å². The molecule has 0 radical (unpaired) electrons. The van der Waals surface area contributed by atoms with Crippen LogP contribution in [-0.4, -0.2) is 20.5 Å². The van der Waals surface area contributed by atoms with E-state index in [-0.39, 0.29) is 5.75 Å². The number of phenolic OH excluding ortho intramolecular Hbond substituents is 1. The number of benzene rings is 1. The Morgan fingerprint density at radius 3 is 2.95 bits per heavy atom. The van der Waals surface area contributed by atoms with Crippen LogP contribution in [0.25, 0.3) is 11.5 Å². The van der Waals surface area contributed by atoms with Crippen molar-refractivity contribution in [3.8, 4) is 17.2 Å². The number of rotatable bonds is 4. The molecule has 20 heavy (non-hydrogen) atoms. The predicted molar refractivity (Wildman–Crippen MR) is 87.7 cm³/mol. The summed E-state index contributed by atoms with van der Waals surface area (Å²) in [5, 5.41) is 14.6. The van der Waals surface area contributed by atoms with Gasteiger partial charge in [-0.3, -0.25) is 0 Å². The minimum atomic E-state index is 0.170. The number of nitrogens with zero attached hydrogens (tertiary/aromatic N) is 2. The van der Waals surface area contributed by atoms with Gasteiger partial charge >= 0.3 is 0 Å². The summed E-state index contributed by atoms with van der Waals surface area (Å²) in [6.45, 7) is 0. The summed E-state index contributed by atoms with van der Waals surface area (Å²) in [7, 11) is 0. The maximum atomic E-state index is 9.86. The van der Waals surface area contributed by atoms with E-state index in [4.69, 9.17) is 4.52 Å². The molecule has 1 N–H and O–H groups in total. The molecule has 3 rings (SSSR count). The number of aromatic nitrogens is 2. The molecule has 1 aliphatic carbocycles. The minimum absolute atomic E-state index is 0.170. The summed E-state index contributed by atoms with van der Waals surface area (Å²) in [5.41, 5.74) is 0.599. The van der Waals surface area contributed by atoms with Gasteiger partial charge in [0, 0.05) is 8.82 Å². The van der Waals surface area contributed by atoms with Gasteiger partial charge in [-0.15, -0.1) is 0 Å². The molecule has 1 heterocycles. The van der Waals surface area contributed by atoms with Gasteiger partial charge < -0.3 is 9.63 Å². The van der Waals surface area contributed by atoms with Crippen molar-refractivity contribution in [2.75, 3.05) is 0 Å². The lowest BCUT2D eigenvalue weighted by molar-refractivity contribution is 0.419. The molecule has 2 aromatic rings. The molecule has 1 aromatic carbocycles. The lowest BCUT2D eigenvalue weighted by atomic mass is 10.2. The second kappa shape index (κ2) is 6.34. The zero-order chi connectivity index (χ0) is 13.9.